The Balaban J connectivity index is 1.20. The number of aromatic nitrogens is 1. The van der Waals surface area contributed by atoms with Gasteiger partial charge < -0.3 is 19.3 Å². The summed E-state index contributed by atoms with van der Waals surface area (Å²) in [5.41, 5.74) is 1.42. The van der Waals surface area contributed by atoms with Crippen LogP contribution < -0.4 is 9.64 Å². The summed E-state index contributed by atoms with van der Waals surface area (Å²) in [4.78, 5) is 22.0. The normalized spacial score (nSPS) is 18.8. The van der Waals surface area contributed by atoms with Gasteiger partial charge in [0.15, 0.2) is 5.13 Å². The molecule has 2 aliphatic heterocycles. The Hall–Kier alpha value is -2.73. The first-order valence-corrected chi connectivity index (χ1v) is 14.3. The van der Waals surface area contributed by atoms with Crippen molar-refractivity contribution in [3.63, 3.8) is 0 Å². The highest BCUT2D eigenvalue weighted by molar-refractivity contribution is 7.89. The van der Waals surface area contributed by atoms with Gasteiger partial charge in [-0.05, 0) is 55.3 Å². The standard InChI is InChI=1S/C25H30N4O5S2/c1-27(17-20-4-3-15-34-20)36(31,32)21-8-5-18(6-9-21)24(30)28-11-13-29(14-12-28)25-26-22-10-7-19(33-2)16-23(22)35-25/h5-10,16,20H,3-4,11-15,17H2,1-2H3. The van der Waals surface area contributed by atoms with E-state index in [1.807, 2.05) is 18.2 Å². The van der Waals surface area contributed by atoms with Crippen LogP contribution in [-0.4, -0.2) is 88.1 Å². The number of hydrogen-bond donors (Lipinski definition) is 0. The van der Waals surface area contributed by atoms with Crippen molar-refractivity contribution < 1.29 is 22.7 Å². The van der Waals surface area contributed by atoms with Crippen molar-refractivity contribution in [1.82, 2.24) is 14.2 Å². The molecule has 0 N–H and O–H groups in total. The Morgan fingerprint density at radius 1 is 1.17 bits per heavy atom. The van der Waals surface area contributed by atoms with Crippen LogP contribution in [0.5, 0.6) is 5.75 Å². The molecule has 1 aromatic heterocycles. The lowest BCUT2D eigenvalue weighted by Gasteiger charge is -2.34. The number of nitrogens with zero attached hydrogens (tertiary/aromatic N) is 4. The van der Waals surface area contributed by atoms with Gasteiger partial charge >= 0.3 is 0 Å². The largest absolute Gasteiger partial charge is 0.497 e. The lowest BCUT2D eigenvalue weighted by Crippen LogP contribution is -2.48. The zero-order chi connectivity index (χ0) is 25.3. The molecular weight excluding hydrogens is 500 g/mol. The lowest BCUT2D eigenvalue weighted by atomic mass is 10.2. The molecule has 0 saturated carbocycles. The third kappa shape index (κ3) is 5.06. The second-order valence-electron chi connectivity index (χ2n) is 9.05. The van der Waals surface area contributed by atoms with E-state index in [0.29, 0.717) is 44.9 Å². The van der Waals surface area contributed by atoms with Gasteiger partial charge in [0.25, 0.3) is 5.91 Å². The Morgan fingerprint density at radius 2 is 1.92 bits per heavy atom. The molecule has 0 bridgehead atoms. The molecule has 3 aromatic rings. The molecule has 1 atom stereocenters. The second-order valence-corrected chi connectivity index (χ2v) is 12.1. The molecular formula is C25H30N4O5S2. The number of hydrogen-bond acceptors (Lipinski definition) is 8. The van der Waals surface area contributed by atoms with Crippen molar-refractivity contribution in [2.45, 2.75) is 23.8 Å². The molecule has 1 unspecified atom stereocenters. The number of fused-ring (bicyclic) bond motifs is 1. The summed E-state index contributed by atoms with van der Waals surface area (Å²) in [5.74, 6) is 0.710. The minimum atomic E-state index is -3.64. The zero-order valence-electron chi connectivity index (χ0n) is 20.4. The van der Waals surface area contributed by atoms with Gasteiger partial charge in [-0.15, -0.1) is 0 Å². The van der Waals surface area contributed by atoms with E-state index in [-0.39, 0.29) is 16.9 Å². The lowest BCUT2D eigenvalue weighted by molar-refractivity contribution is 0.0746. The van der Waals surface area contributed by atoms with Crippen molar-refractivity contribution in [3.8, 4) is 5.75 Å². The summed E-state index contributed by atoms with van der Waals surface area (Å²) in [5, 5.41) is 0.937. The maximum atomic E-state index is 13.1. The number of rotatable bonds is 7. The highest BCUT2D eigenvalue weighted by atomic mass is 32.2. The minimum absolute atomic E-state index is 0.0603. The minimum Gasteiger partial charge on any atom is -0.497 e. The van der Waals surface area contributed by atoms with Crippen LogP contribution in [0.2, 0.25) is 0 Å². The van der Waals surface area contributed by atoms with Crippen molar-refractivity contribution in [2.75, 3.05) is 58.4 Å². The van der Waals surface area contributed by atoms with Crippen LogP contribution in [0.25, 0.3) is 10.2 Å². The second kappa shape index (κ2) is 10.3. The first-order valence-electron chi connectivity index (χ1n) is 12.0. The van der Waals surface area contributed by atoms with Crippen LogP contribution in [0.15, 0.2) is 47.4 Å². The maximum absolute atomic E-state index is 13.1. The molecule has 36 heavy (non-hydrogen) atoms. The average Bonchev–Trinajstić information content (AvgIpc) is 3.57. The zero-order valence-corrected chi connectivity index (χ0v) is 22.1. The monoisotopic (exact) mass is 530 g/mol. The number of carbonyl (C=O) groups excluding carboxylic acids is 1. The summed E-state index contributed by atoms with van der Waals surface area (Å²) in [6, 6.07) is 12.1. The van der Waals surface area contributed by atoms with Gasteiger partial charge in [-0.1, -0.05) is 11.3 Å². The van der Waals surface area contributed by atoms with Crippen LogP contribution in [0.1, 0.15) is 23.2 Å². The molecule has 5 rings (SSSR count). The number of benzene rings is 2. The van der Waals surface area contributed by atoms with Gasteiger partial charge in [0.2, 0.25) is 10.0 Å². The number of thiazole rings is 1. The van der Waals surface area contributed by atoms with Crippen LogP contribution in [-0.2, 0) is 14.8 Å². The fraction of sp³-hybridized carbons (Fsp3) is 0.440. The first-order chi connectivity index (χ1) is 17.3. The van der Waals surface area contributed by atoms with Crippen LogP contribution >= 0.6 is 11.3 Å². The quantitative estimate of drug-likeness (QED) is 0.464. The molecule has 3 heterocycles. The van der Waals surface area contributed by atoms with E-state index in [1.54, 1.807) is 42.5 Å². The molecule has 0 aliphatic carbocycles. The van der Waals surface area contributed by atoms with E-state index in [1.165, 1.54) is 16.4 Å². The Morgan fingerprint density at radius 3 is 2.58 bits per heavy atom. The predicted molar refractivity (Wildman–Crippen MR) is 140 cm³/mol. The van der Waals surface area contributed by atoms with Crippen LogP contribution in [0, 0.1) is 0 Å². The molecule has 0 spiro atoms. The smallest absolute Gasteiger partial charge is 0.253 e. The number of ether oxygens (including phenoxy) is 2. The van der Waals surface area contributed by atoms with E-state index in [0.717, 1.165) is 33.9 Å². The topological polar surface area (TPSA) is 92.3 Å². The highest BCUT2D eigenvalue weighted by Gasteiger charge is 2.27. The average molecular weight is 531 g/mol. The first kappa shape index (κ1) is 24.9. The summed E-state index contributed by atoms with van der Waals surface area (Å²) in [6.07, 6.45) is 1.77. The highest BCUT2D eigenvalue weighted by Crippen LogP contribution is 2.32. The maximum Gasteiger partial charge on any atom is 0.253 e. The summed E-state index contributed by atoms with van der Waals surface area (Å²) < 4.78 is 39.1. The van der Waals surface area contributed by atoms with Crippen molar-refractivity contribution in [1.29, 1.82) is 0 Å². The molecule has 192 valence electrons. The third-order valence-electron chi connectivity index (χ3n) is 6.72. The van der Waals surface area contributed by atoms with Crippen LogP contribution in [0.4, 0.5) is 5.13 Å². The number of amides is 1. The molecule has 1 amide bonds. The van der Waals surface area contributed by atoms with E-state index in [4.69, 9.17) is 14.5 Å². The Labute approximate surface area is 215 Å². The fourth-order valence-corrected chi connectivity index (χ4v) is 6.81. The van der Waals surface area contributed by atoms with E-state index < -0.39 is 10.0 Å². The molecule has 11 heteroatoms. The summed E-state index contributed by atoms with van der Waals surface area (Å²) in [7, 11) is -0.423. The summed E-state index contributed by atoms with van der Waals surface area (Å²) >= 11 is 1.62. The molecule has 2 aromatic carbocycles. The van der Waals surface area contributed by atoms with Crippen molar-refractivity contribution in [3.05, 3.63) is 48.0 Å². The van der Waals surface area contributed by atoms with Gasteiger partial charge in [0, 0.05) is 51.9 Å². The number of anilines is 1. The van der Waals surface area contributed by atoms with Crippen molar-refractivity contribution in [2.24, 2.45) is 0 Å². The molecule has 2 aliphatic rings. The molecule has 0 radical (unpaired) electrons. The number of methoxy groups -OCH3 is 1. The van der Waals surface area contributed by atoms with Crippen LogP contribution in [0.3, 0.4) is 0 Å². The Kier molecular flexibility index (Phi) is 7.16. The molecule has 2 fully saturated rings. The van der Waals surface area contributed by atoms with Gasteiger partial charge in [0.05, 0.1) is 28.3 Å². The van der Waals surface area contributed by atoms with Gasteiger partial charge in [-0.2, -0.15) is 4.31 Å². The SMILES string of the molecule is COc1ccc2nc(N3CCN(C(=O)c4ccc(S(=O)(=O)N(C)CC5CCCO5)cc4)CC3)sc2c1. The third-order valence-corrected chi connectivity index (χ3v) is 9.63. The van der Waals surface area contributed by atoms with Gasteiger partial charge in [-0.25, -0.2) is 13.4 Å². The number of piperazine rings is 1. The predicted octanol–water partition coefficient (Wildman–Crippen LogP) is 3.07. The van der Waals surface area contributed by atoms with E-state index >= 15 is 0 Å². The molecule has 2 saturated heterocycles. The van der Waals surface area contributed by atoms with Gasteiger partial charge in [0.1, 0.15) is 5.75 Å². The number of carbonyl (C=O) groups is 1. The van der Waals surface area contributed by atoms with Gasteiger partial charge in [-0.3, -0.25) is 4.79 Å². The number of sulfonamides is 1. The molecule has 9 nitrogen and oxygen atoms in total. The van der Waals surface area contributed by atoms with Crippen molar-refractivity contribution >= 4 is 42.6 Å². The van der Waals surface area contributed by atoms with E-state index in [2.05, 4.69) is 4.90 Å². The summed E-state index contributed by atoms with van der Waals surface area (Å²) in [6.45, 7) is 3.52. The van der Waals surface area contributed by atoms with E-state index in [9.17, 15) is 13.2 Å². The fourth-order valence-electron chi connectivity index (χ4n) is 4.56. The number of likely N-dealkylation sites (N-methyl/N-ethyl adjacent to an activating group) is 1. The Bertz CT molecular complexity index is 1330.